The van der Waals surface area contributed by atoms with Crippen LogP contribution in [0.25, 0.3) is 0 Å². The molecule has 0 fully saturated rings. The minimum absolute atomic E-state index is 0. The Kier molecular flexibility index (Phi) is 11.0. The summed E-state index contributed by atoms with van der Waals surface area (Å²) in [6.07, 6.45) is 0.714. The predicted molar refractivity (Wildman–Crippen MR) is 93.0 cm³/mol. The van der Waals surface area contributed by atoms with Gasteiger partial charge in [0, 0.05) is 39.3 Å². The first-order chi connectivity index (χ1) is 12.1. The van der Waals surface area contributed by atoms with Gasteiger partial charge in [0.25, 0.3) is 0 Å². The second-order valence-electron chi connectivity index (χ2n) is 6.61. The summed E-state index contributed by atoms with van der Waals surface area (Å²) in [7, 11) is 0. The Balaban J connectivity index is 0.00000676. The van der Waals surface area contributed by atoms with Gasteiger partial charge in [-0.1, -0.05) is 36.9 Å². The number of carbonyl (C=O) groups excluding carboxylic acids is 3. The van der Waals surface area contributed by atoms with Crippen molar-refractivity contribution in [2.45, 2.75) is 32.9 Å². The van der Waals surface area contributed by atoms with Crippen LogP contribution in [0, 0.1) is 0 Å². The van der Waals surface area contributed by atoms with Gasteiger partial charge >= 0.3 is 12.1 Å². The molecule has 0 aromatic heterocycles. The molecule has 145 valence electrons. The Morgan fingerprint density at radius 2 is 1.67 bits per heavy atom. The first-order valence-corrected chi connectivity index (χ1v) is 7.99. The van der Waals surface area contributed by atoms with E-state index >= 15 is 0 Å². The number of hydrogen-bond donors (Lipinski definition) is 1. The van der Waals surface area contributed by atoms with Crippen molar-refractivity contribution in [3.05, 3.63) is 35.9 Å². The van der Waals surface area contributed by atoms with Crippen LogP contribution in [0.15, 0.2) is 30.3 Å². The van der Waals surface area contributed by atoms with Crippen LogP contribution in [0.5, 0.6) is 0 Å². The van der Waals surface area contributed by atoms with Crippen LogP contribution in [-0.2, 0) is 58.4 Å². The number of ether oxygens (including phenoxy) is 1. The van der Waals surface area contributed by atoms with Crippen molar-refractivity contribution in [2.75, 3.05) is 19.6 Å². The summed E-state index contributed by atoms with van der Waals surface area (Å²) in [5, 5.41) is 9.05. The Morgan fingerprint density at radius 3 is 2.15 bits per heavy atom. The van der Waals surface area contributed by atoms with Crippen molar-refractivity contribution in [3.8, 4) is 0 Å². The number of nitrogens with zero attached hydrogens (tertiary/aromatic N) is 2. The average molecular weight is 452 g/mol. The Morgan fingerprint density at radius 1 is 1.07 bits per heavy atom. The molecule has 27 heavy (non-hydrogen) atoms. The molecular formula is C18H23N2O6Y-. The first kappa shape index (κ1) is 25.2. The number of aliphatic carboxylic acids is 1. The van der Waals surface area contributed by atoms with E-state index in [2.05, 4.69) is 0 Å². The van der Waals surface area contributed by atoms with Gasteiger partial charge in [0.2, 0.25) is 5.91 Å². The van der Waals surface area contributed by atoms with Crippen molar-refractivity contribution < 1.29 is 61.7 Å². The third-order valence-electron chi connectivity index (χ3n) is 3.13. The zero-order valence-corrected chi connectivity index (χ0v) is 18.5. The minimum atomic E-state index is -1.18. The first-order valence-electron chi connectivity index (χ1n) is 7.99. The SMILES string of the molecule is CC(C)(C)OC(=O)N(C[C-]=O)CC(=O)N(CC(=O)O)Cc1ccccc1.[Y]. The van der Waals surface area contributed by atoms with Crippen LogP contribution in [-0.4, -0.2) is 64.4 Å². The Bertz CT molecular complexity index is 645. The second kappa shape index (κ2) is 11.8. The molecule has 0 saturated heterocycles. The van der Waals surface area contributed by atoms with Gasteiger partial charge in [-0.05, 0) is 26.3 Å². The summed E-state index contributed by atoms with van der Waals surface area (Å²) in [5.41, 5.74) is -0.0562. The molecule has 0 saturated carbocycles. The molecular weight excluding hydrogens is 429 g/mol. The maximum atomic E-state index is 12.5. The molecule has 8 nitrogen and oxygen atoms in total. The fourth-order valence-corrected chi connectivity index (χ4v) is 2.05. The predicted octanol–water partition coefficient (Wildman–Crippen LogP) is 1.44. The molecule has 0 unspecified atom stereocenters. The third kappa shape index (κ3) is 10.2. The fraction of sp³-hybridized carbons (Fsp3) is 0.444. The summed E-state index contributed by atoms with van der Waals surface area (Å²) < 4.78 is 5.15. The van der Waals surface area contributed by atoms with E-state index in [1.807, 2.05) is 0 Å². The topological polar surface area (TPSA) is 104 Å². The zero-order chi connectivity index (χ0) is 19.7. The van der Waals surface area contributed by atoms with E-state index in [0.29, 0.717) is 0 Å². The van der Waals surface area contributed by atoms with Crippen LogP contribution in [0.2, 0.25) is 0 Å². The zero-order valence-electron chi connectivity index (χ0n) is 15.7. The standard InChI is InChI=1S/C18H23N2O6.Y/c1-18(2,3)26-17(25)19(9-10-21)12-15(22)20(13-16(23)24)11-14-7-5-4-6-8-14;/h4-8H,9,11-13H2,1-3H3,(H,23,24);/q-1;. The Hall–Kier alpha value is -1.80. The maximum Gasteiger partial charge on any atom is 0.408 e. The van der Waals surface area contributed by atoms with E-state index in [9.17, 15) is 19.2 Å². The van der Waals surface area contributed by atoms with E-state index in [1.54, 1.807) is 57.4 Å². The molecule has 1 aromatic carbocycles. The van der Waals surface area contributed by atoms with Crippen LogP contribution in [0.1, 0.15) is 26.3 Å². The van der Waals surface area contributed by atoms with Gasteiger partial charge in [0.15, 0.2) is 0 Å². The number of rotatable bonds is 8. The smallest absolute Gasteiger partial charge is 0.408 e. The molecule has 0 aliphatic heterocycles. The number of carboxylic acids is 1. The van der Waals surface area contributed by atoms with Crippen molar-refractivity contribution in [1.82, 2.24) is 9.80 Å². The average Bonchev–Trinajstić information content (AvgIpc) is 2.52. The number of hydrogen-bond acceptors (Lipinski definition) is 5. The maximum absolute atomic E-state index is 12.5. The number of benzene rings is 1. The van der Waals surface area contributed by atoms with Crippen LogP contribution < -0.4 is 0 Å². The molecule has 0 atom stereocenters. The number of carboxylic acid groups (broad SMARTS) is 1. The van der Waals surface area contributed by atoms with Gasteiger partial charge in [-0.25, -0.2) is 11.1 Å². The monoisotopic (exact) mass is 452 g/mol. The molecule has 1 radical (unpaired) electrons. The summed E-state index contributed by atoms with van der Waals surface area (Å²) >= 11 is 0. The van der Waals surface area contributed by atoms with E-state index in [0.717, 1.165) is 15.4 Å². The van der Waals surface area contributed by atoms with Gasteiger partial charge in [-0.3, -0.25) is 9.59 Å². The van der Waals surface area contributed by atoms with Crippen LogP contribution in [0.4, 0.5) is 4.79 Å². The van der Waals surface area contributed by atoms with Gasteiger partial charge in [-0.2, -0.15) is 0 Å². The quantitative estimate of drug-likeness (QED) is 0.599. The van der Waals surface area contributed by atoms with Crippen molar-refractivity contribution in [2.24, 2.45) is 0 Å². The third-order valence-corrected chi connectivity index (χ3v) is 3.13. The van der Waals surface area contributed by atoms with E-state index in [1.165, 1.54) is 0 Å². The molecule has 0 heterocycles. The van der Waals surface area contributed by atoms with E-state index in [4.69, 9.17) is 9.84 Å². The van der Waals surface area contributed by atoms with Gasteiger partial charge in [0.05, 0.1) is 0 Å². The molecule has 0 aliphatic carbocycles. The fourth-order valence-electron chi connectivity index (χ4n) is 2.05. The van der Waals surface area contributed by atoms with Crippen LogP contribution in [0.3, 0.4) is 0 Å². The van der Waals surface area contributed by atoms with Crippen LogP contribution >= 0.6 is 0 Å². The summed E-state index contributed by atoms with van der Waals surface area (Å²) in [4.78, 5) is 48.4. The molecule has 1 rings (SSSR count). The summed E-state index contributed by atoms with van der Waals surface area (Å²) in [5.74, 6) is -1.79. The van der Waals surface area contributed by atoms with Gasteiger partial charge < -0.3 is 24.4 Å². The molecule has 0 spiro atoms. The van der Waals surface area contributed by atoms with Crippen molar-refractivity contribution in [3.63, 3.8) is 0 Å². The Labute approximate surface area is 183 Å². The van der Waals surface area contributed by atoms with Crippen molar-refractivity contribution in [1.29, 1.82) is 0 Å². The molecule has 1 aromatic rings. The molecule has 0 aliphatic rings. The largest absolute Gasteiger partial charge is 0.540 e. The van der Waals surface area contributed by atoms with E-state index < -0.39 is 43.2 Å². The van der Waals surface area contributed by atoms with Gasteiger partial charge in [0.1, 0.15) is 18.7 Å². The van der Waals surface area contributed by atoms with Gasteiger partial charge in [-0.15, -0.1) is 0 Å². The van der Waals surface area contributed by atoms with E-state index in [-0.39, 0.29) is 39.3 Å². The van der Waals surface area contributed by atoms with Crippen molar-refractivity contribution >= 4 is 24.3 Å². The molecule has 0 bridgehead atoms. The number of amides is 2. The second-order valence-corrected chi connectivity index (χ2v) is 6.61. The molecule has 9 heteroatoms. The summed E-state index contributed by atoms with van der Waals surface area (Å²) in [6, 6.07) is 8.86. The molecule has 1 N–H and O–H groups in total. The summed E-state index contributed by atoms with van der Waals surface area (Å²) in [6.45, 7) is 3.57. The normalized spacial score (nSPS) is 10.3. The number of carbonyl (C=O) groups is 3. The minimum Gasteiger partial charge on any atom is -0.540 e. The molecule has 2 amide bonds.